The fourth-order valence-electron chi connectivity index (χ4n) is 2.40. The molecule has 1 saturated heterocycles. The number of amides is 1. The Hall–Kier alpha value is -1.51. The number of aliphatic imine (C=N–C) groups is 1. The van der Waals surface area contributed by atoms with E-state index in [1.54, 1.807) is 14.1 Å². The van der Waals surface area contributed by atoms with Crippen molar-refractivity contribution in [3.8, 4) is 0 Å². The third-order valence-electron chi connectivity index (χ3n) is 3.62. The summed E-state index contributed by atoms with van der Waals surface area (Å²) in [5.41, 5.74) is 1.22. The molecule has 1 aromatic rings. The Bertz CT molecular complexity index is 486. The van der Waals surface area contributed by atoms with E-state index in [0.717, 1.165) is 26.2 Å². The average Bonchev–Trinajstić information content (AvgIpc) is 2.56. The molecule has 0 radical (unpaired) electrons. The molecule has 22 heavy (non-hydrogen) atoms. The minimum Gasteiger partial charge on any atom is -0.368 e. The van der Waals surface area contributed by atoms with E-state index < -0.39 is 0 Å². The molecule has 1 aliphatic rings. The molecule has 0 spiro atoms. The van der Waals surface area contributed by atoms with Crippen molar-refractivity contribution in [2.75, 3.05) is 51.7 Å². The number of nitrogens with one attached hydrogen (secondary N) is 2. The SMILES string of the molecule is CN=C(NC)NCC(=O)N1CCN(c2ccccc2)CC1.I. The highest BCUT2D eigenvalue weighted by Crippen LogP contribution is 2.15. The number of piperazine rings is 1. The van der Waals surface area contributed by atoms with Crippen molar-refractivity contribution in [2.45, 2.75) is 0 Å². The molecule has 2 N–H and O–H groups in total. The van der Waals surface area contributed by atoms with Crippen molar-refractivity contribution in [3.63, 3.8) is 0 Å². The minimum atomic E-state index is 0. The summed E-state index contributed by atoms with van der Waals surface area (Å²) in [4.78, 5) is 20.3. The van der Waals surface area contributed by atoms with E-state index in [9.17, 15) is 4.79 Å². The monoisotopic (exact) mass is 417 g/mol. The van der Waals surface area contributed by atoms with Gasteiger partial charge >= 0.3 is 0 Å². The first-order valence-electron chi connectivity index (χ1n) is 7.20. The zero-order chi connectivity index (χ0) is 15.1. The smallest absolute Gasteiger partial charge is 0.242 e. The first kappa shape index (κ1) is 18.5. The number of para-hydroxylation sites is 1. The third kappa shape index (κ3) is 5.04. The molecule has 7 heteroatoms. The molecule has 0 aliphatic carbocycles. The molecule has 0 saturated carbocycles. The lowest BCUT2D eigenvalue weighted by molar-refractivity contribution is -0.130. The van der Waals surface area contributed by atoms with Crippen LogP contribution in [0.15, 0.2) is 35.3 Å². The number of rotatable bonds is 3. The van der Waals surface area contributed by atoms with E-state index in [0.29, 0.717) is 5.96 Å². The van der Waals surface area contributed by atoms with Gasteiger partial charge in [0, 0.05) is 46.0 Å². The Kier molecular flexibility index (Phi) is 8.00. The van der Waals surface area contributed by atoms with Crippen LogP contribution in [0.1, 0.15) is 0 Å². The lowest BCUT2D eigenvalue weighted by atomic mass is 10.2. The van der Waals surface area contributed by atoms with Crippen molar-refractivity contribution in [2.24, 2.45) is 4.99 Å². The van der Waals surface area contributed by atoms with Gasteiger partial charge in [0.25, 0.3) is 0 Å². The Labute approximate surface area is 149 Å². The van der Waals surface area contributed by atoms with Crippen LogP contribution in [0, 0.1) is 0 Å². The summed E-state index contributed by atoms with van der Waals surface area (Å²) in [5.74, 6) is 0.741. The van der Waals surface area contributed by atoms with E-state index in [1.165, 1.54) is 5.69 Å². The molecule has 122 valence electrons. The van der Waals surface area contributed by atoms with Crippen LogP contribution in [-0.2, 0) is 4.79 Å². The number of hydrogen-bond acceptors (Lipinski definition) is 3. The molecule has 1 aromatic carbocycles. The van der Waals surface area contributed by atoms with Gasteiger partial charge in [0.05, 0.1) is 6.54 Å². The molecule has 0 unspecified atom stereocenters. The first-order valence-corrected chi connectivity index (χ1v) is 7.20. The third-order valence-corrected chi connectivity index (χ3v) is 3.62. The minimum absolute atomic E-state index is 0. The van der Waals surface area contributed by atoms with Crippen LogP contribution >= 0.6 is 24.0 Å². The standard InChI is InChI=1S/C15H23N5O.HI/c1-16-15(17-2)18-12-14(21)20-10-8-19(9-11-20)13-6-4-3-5-7-13;/h3-7H,8-12H2,1-2H3,(H2,16,17,18);1H. The van der Waals surface area contributed by atoms with Crippen LogP contribution in [0.3, 0.4) is 0 Å². The predicted molar refractivity (Wildman–Crippen MR) is 101 cm³/mol. The van der Waals surface area contributed by atoms with Gasteiger partial charge in [-0.3, -0.25) is 9.79 Å². The van der Waals surface area contributed by atoms with E-state index in [2.05, 4.69) is 32.7 Å². The van der Waals surface area contributed by atoms with Crippen molar-refractivity contribution >= 4 is 41.5 Å². The summed E-state index contributed by atoms with van der Waals surface area (Å²) in [6.45, 7) is 3.53. The molecule has 0 aromatic heterocycles. The fraction of sp³-hybridized carbons (Fsp3) is 0.467. The summed E-state index contributed by atoms with van der Waals surface area (Å²) < 4.78 is 0. The number of hydrogen-bond donors (Lipinski definition) is 2. The maximum absolute atomic E-state index is 12.1. The van der Waals surface area contributed by atoms with Crippen molar-refractivity contribution in [1.29, 1.82) is 0 Å². The van der Waals surface area contributed by atoms with Crippen LogP contribution in [-0.4, -0.2) is 63.6 Å². The van der Waals surface area contributed by atoms with Gasteiger partial charge in [-0.15, -0.1) is 24.0 Å². The van der Waals surface area contributed by atoms with Crippen LogP contribution < -0.4 is 15.5 Å². The first-order chi connectivity index (χ1) is 10.2. The van der Waals surface area contributed by atoms with Gasteiger partial charge in [-0.25, -0.2) is 0 Å². The van der Waals surface area contributed by atoms with E-state index in [4.69, 9.17) is 0 Å². The number of anilines is 1. The zero-order valence-electron chi connectivity index (χ0n) is 13.1. The Balaban J connectivity index is 0.00000242. The molecule has 1 fully saturated rings. The predicted octanol–water partition coefficient (Wildman–Crippen LogP) is 0.748. The summed E-state index contributed by atoms with van der Waals surface area (Å²) in [5, 5.41) is 5.89. The molecule has 0 atom stereocenters. The fourth-order valence-corrected chi connectivity index (χ4v) is 2.40. The van der Waals surface area contributed by atoms with Crippen molar-refractivity contribution < 1.29 is 4.79 Å². The molecule has 1 amide bonds. The summed E-state index contributed by atoms with van der Waals surface area (Å²) in [6.07, 6.45) is 0. The van der Waals surface area contributed by atoms with Crippen molar-refractivity contribution in [3.05, 3.63) is 30.3 Å². The van der Waals surface area contributed by atoms with Gasteiger partial charge in [-0.2, -0.15) is 0 Å². The molecular weight excluding hydrogens is 393 g/mol. The molecule has 0 bridgehead atoms. The van der Waals surface area contributed by atoms with Crippen LogP contribution in [0.2, 0.25) is 0 Å². The van der Waals surface area contributed by atoms with Crippen LogP contribution in [0.25, 0.3) is 0 Å². The number of carbonyl (C=O) groups is 1. The highest BCUT2D eigenvalue weighted by Gasteiger charge is 2.20. The highest BCUT2D eigenvalue weighted by molar-refractivity contribution is 14.0. The average molecular weight is 417 g/mol. The number of carbonyl (C=O) groups excluding carboxylic acids is 1. The van der Waals surface area contributed by atoms with Crippen LogP contribution in [0.4, 0.5) is 5.69 Å². The highest BCUT2D eigenvalue weighted by atomic mass is 127. The number of benzene rings is 1. The summed E-state index contributed by atoms with van der Waals surface area (Å²) in [7, 11) is 3.46. The van der Waals surface area contributed by atoms with E-state index in [-0.39, 0.29) is 36.4 Å². The Morgan fingerprint density at radius 3 is 2.36 bits per heavy atom. The number of halogens is 1. The maximum Gasteiger partial charge on any atom is 0.242 e. The molecule has 1 aliphatic heterocycles. The topological polar surface area (TPSA) is 60.0 Å². The van der Waals surface area contributed by atoms with E-state index >= 15 is 0 Å². The zero-order valence-corrected chi connectivity index (χ0v) is 15.4. The molecule has 1 heterocycles. The molecular formula is C15H24IN5O. The van der Waals surface area contributed by atoms with Gasteiger partial charge in [0.2, 0.25) is 5.91 Å². The largest absolute Gasteiger partial charge is 0.368 e. The van der Waals surface area contributed by atoms with Gasteiger partial charge in [-0.05, 0) is 12.1 Å². The summed E-state index contributed by atoms with van der Waals surface area (Å²) >= 11 is 0. The van der Waals surface area contributed by atoms with Gasteiger partial charge in [0.15, 0.2) is 5.96 Å². The Morgan fingerprint density at radius 2 is 1.82 bits per heavy atom. The number of nitrogens with zero attached hydrogens (tertiary/aromatic N) is 3. The normalized spacial score (nSPS) is 15.1. The van der Waals surface area contributed by atoms with Crippen molar-refractivity contribution in [1.82, 2.24) is 15.5 Å². The second-order valence-corrected chi connectivity index (χ2v) is 4.88. The number of guanidine groups is 1. The second kappa shape index (κ2) is 9.50. The lowest BCUT2D eigenvalue weighted by Gasteiger charge is -2.36. The lowest BCUT2D eigenvalue weighted by Crippen LogP contribution is -2.52. The van der Waals surface area contributed by atoms with Gasteiger partial charge < -0.3 is 20.4 Å². The molecule has 2 rings (SSSR count). The van der Waals surface area contributed by atoms with Crippen LogP contribution in [0.5, 0.6) is 0 Å². The second-order valence-electron chi connectivity index (χ2n) is 4.88. The summed E-state index contributed by atoms with van der Waals surface area (Å²) in [6, 6.07) is 10.3. The Morgan fingerprint density at radius 1 is 1.18 bits per heavy atom. The quantitative estimate of drug-likeness (QED) is 0.433. The van der Waals surface area contributed by atoms with Gasteiger partial charge in [-0.1, -0.05) is 18.2 Å². The maximum atomic E-state index is 12.1. The molecule has 6 nitrogen and oxygen atoms in total. The van der Waals surface area contributed by atoms with Gasteiger partial charge in [0.1, 0.15) is 0 Å². The van der Waals surface area contributed by atoms with E-state index in [1.807, 2.05) is 23.1 Å².